The third-order valence-corrected chi connectivity index (χ3v) is 5.07. The summed E-state index contributed by atoms with van der Waals surface area (Å²) < 4.78 is 45.3. The summed E-state index contributed by atoms with van der Waals surface area (Å²) in [7, 11) is 0. The van der Waals surface area contributed by atoms with E-state index < -0.39 is 46.9 Å². The monoisotopic (exact) mass is 489 g/mol. The van der Waals surface area contributed by atoms with Crippen LogP contribution in [0.5, 0.6) is 0 Å². The standard InChI is InChI=1S/C20H16Cl2F3N3O4/c1-2-32-18(30)15-14(9-28-8-11(20(23,24)25)7-13(22)17(28)29)26-19(31)27-16(15)10-3-5-12(21)6-4-10/h3-8,16H,2,9H2,1H3,(H2,26,27,31). The molecule has 1 aromatic carbocycles. The Morgan fingerprint density at radius 1 is 1.19 bits per heavy atom. The molecule has 0 saturated carbocycles. The molecule has 0 bridgehead atoms. The predicted octanol–water partition coefficient (Wildman–Crippen LogP) is 4.05. The van der Waals surface area contributed by atoms with Crippen molar-refractivity contribution in [3.8, 4) is 0 Å². The molecule has 3 rings (SSSR count). The molecule has 1 aromatic heterocycles. The first-order chi connectivity index (χ1) is 15.0. The van der Waals surface area contributed by atoms with E-state index in [0.29, 0.717) is 27.4 Å². The van der Waals surface area contributed by atoms with E-state index in [2.05, 4.69) is 10.6 Å². The van der Waals surface area contributed by atoms with Crippen molar-refractivity contribution < 1.29 is 27.5 Å². The molecule has 1 aliphatic heterocycles. The van der Waals surface area contributed by atoms with Crippen LogP contribution in [0.25, 0.3) is 0 Å². The van der Waals surface area contributed by atoms with Crippen LogP contribution in [-0.2, 0) is 22.3 Å². The van der Waals surface area contributed by atoms with Gasteiger partial charge >= 0.3 is 18.2 Å². The molecule has 170 valence electrons. The molecule has 2 N–H and O–H groups in total. The summed E-state index contributed by atoms with van der Waals surface area (Å²) in [6.45, 7) is 1.02. The Kier molecular flexibility index (Phi) is 6.85. The fourth-order valence-electron chi connectivity index (χ4n) is 3.14. The lowest BCUT2D eigenvalue weighted by molar-refractivity contribution is -0.139. The molecule has 0 fully saturated rings. The third-order valence-electron chi connectivity index (χ3n) is 4.55. The lowest BCUT2D eigenvalue weighted by Crippen LogP contribution is -2.47. The molecule has 7 nitrogen and oxygen atoms in total. The van der Waals surface area contributed by atoms with Crippen molar-refractivity contribution in [2.24, 2.45) is 0 Å². The van der Waals surface area contributed by atoms with Crippen LogP contribution in [0.4, 0.5) is 18.0 Å². The van der Waals surface area contributed by atoms with Crippen LogP contribution < -0.4 is 16.2 Å². The minimum atomic E-state index is -4.76. The minimum Gasteiger partial charge on any atom is -0.463 e. The van der Waals surface area contributed by atoms with Gasteiger partial charge in [0.2, 0.25) is 0 Å². The summed E-state index contributed by atoms with van der Waals surface area (Å²) in [5.74, 6) is -0.818. The molecule has 2 amide bonds. The zero-order valence-electron chi connectivity index (χ0n) is 16.4. The van der Waals surface area contributed by atoms with Gasteiger partial charge in [0.1, 0.15) is 5.02 Å². The van der Waals surface area contributed by atoms with Gasteiger partial charge in [0, 0.05) is 11.2 Å². The molecule has 1 unspecified atom stereocenters. The van der Waals surface area contributed by atoms with Crippen LogP contribution in [-0.4, -0.2) is 23.2 Å². The van der Waals surface area contributed by atoms with Crippen molar-refractivity contribution in [1.82, 2.24) is 15.2 Å². The van der Waals surface area contributed by atoms with Gasteiger partial charge in [-0.3, -0.25) is 4.79 Å². The van der Waals surface area contributed by atoms with E-state index >= 15 is 0 Å². The number of urea groups is 1. The highest BCUT2D eigenvalue weighted by Crippen LogP contribution is 2.31. The highest BCUT2D eigenvalue weighted by molar-refractivity contribution is 6.30. The lowest BCUT2D eigenvalue weighted by Gasteiger charge is -2.29. The average Bonchev–Trinajstić information content (AvgIpc) is 2.70. The quantitative estimate of drug-likeness (QED) is 0.620. The maximum Gasteiger partial charge on any atom is 0.417 e. The van der Waals surface area contributed by atoms with Crippen LogP contribution in [0.2, 0.25) is 10.0 Å². The predicted molar refractivity (Wildman–Crippen MR) is 110 cm³/mol. The number of hydrogen-bond acceptors (Lipinski definition) is 4. The van der Waals surface area contributed by atoms with Crippen LogP contribution in [0.15, 0.2) is 52.6 Å². The third kappa shape index (κ3) is 5.08. The van der Waals surface area contributed by atoms with Gasteiger partial charge in [-0.2, -0.15) is 13.2 Å². The summed E-state index contributed by atoms with van der Waals surface area (Å²) in [5, 5.41) is 4.72. The number of hydrogen-bond donors (Lipinski definition) is 2. The minimum absolute atomic E-state index is 0.00618. The number of pyridine rings is 1. The van der Waals surface area contributed by atoms with E-state index in [1.165, 1.54) is 0 Å². The topological polar surface area (TPSA) is 89.4 Å². The molecule has 0 radical (unpaired) electrons. The normalized spacial score (nSPS) is 16.4. The van der Waals surface area contributed by atoms with Gasteiger partial charge in [0.25, 0.3) is 5.56 Å². The second-order valence-electron chi connectivity index (χ2n) is 6.70. The number of esters is 1. The molecule has 0 aliphatic carbocycles. The summed E-state index contributed by atoms with van der Waals surface area (Å²) in [6, 6.07) is 5.03. The van der Waals surface area contributed by atoms with Gasteiger partial charge in [0.15, 0.2) is 0 Å². The van der Waals surface area contributed by atoms with E-state index in [1.807, 2.05) is 0 Å². The number of alkyl halides is 3. The van der Waals surface area contributed by atoms with Gasteiger partial charge < -0.3 is 19.9 Å². The summed E-state index contributed by atoms with van der Waals surface area (Å²) in [6.07, 6.45) is -4.20. The van der Waals surface area contributed by atoms with Gasteiger partial charge in [-0.05, 0) is 30.7 Å². The molecule has 2 heterocycles. The molecule has 0 saturated heterocycles. The van der Waals surface area contributed by atoms with Crippen LogP contribution in [0.1, 0.15) is 24.1 Å². The van der Waals surface area contributed by atoms with E-state index in [0.717, 1.165) is 0 Å². The largest absolute Gasteiger partial charge is 0.463 e. The van der Waals surface area contributed by atoms with Crippen molar-refractivity contribution in [3.05, 3.63) is 79.3 Å². The number of halogens is 5. The highest BCUT2D eigenvalue weighted by Gasteiger charge is 2.35. The Morgan fingerprint density at radius 2 is 1.84 bits per heavy atom. The Bertz CT molecular complexity index is 1140. The van der Waals surface area contributed by atoms with Crippen LogP contribution in [0.3, 0.4) is 0 Å². The van der Waals surface area contributed by atoms with Crippen molar-refractivity contribution in [2.75, 3.05) is 6.61 Å². The maximum atomic E-state index is 13.2. The number of ether oxygens (including phenoxy) is 1. The highest BCUT2D eigenvalue weighted by atomic mass is 35.5. The second-order valence-corrected chi connectivity index (χ2v) is 7.55. The molecular weight excluding hydrogens is 474 g/mol. The number of aromatic nitrogens is 1. The fourth-order valence-corrected chi connectivity index (χ4v) is 3.49. The SMILES string of the molecule is CCOC(=O)C1=C(Cn2cc(C(F)(F)F)cc(Cl)c2=O)NC(=O)NC1c1ccc(Cl)cc1. The number of benzene rings is 1. The average molecular weight is 490 g/mol. The maximum absolute atomic E-state index is 13.2. The zero-order chi connectivity index (χ0) is 23.6. The molecular formula is C20H16Cl2F3N3O4. The van der Waals surface area contributed by atoms with E-state index in [4.69, 9.17) is 27.9 Å². The van der Waals surface area contributed by atoms with E-state index in [-0.39, 0.29) is 17.9 Å². The Balaban J connectivity index is 2.16. The van der Waals surface area contributed by atoms with Crippen LogP contribution >= 0.6 is 23.2 Å². The summed E-state index contributed by atoms with van der Waals surface area (Å²) in [4.78, 5) is 37.4. The molecule has 1 atom stereocenters. The smallest absolute Gasteiger partial charge is 0.417 e. The van der Waals surface area contributed by atoms with Gasteiger partial charge in [-0.25, -0.2) is 9.59 Å². The van der Waals surface area contributed by atoms with Gasteiger partial charge in [0.05, 0.1) is 36.0 Å². The summed E-state index contributed by atoms with van der Waals surface area (Å²) in [5.41, 5.74) is -1.79. The number of rotatable bonds is 5. The van der Waals surface area contributed by atoms with Crippen molar-refractivity contribution in [3.63, 3.8) is 0 Å². The van der Waals surface area contributed by atoms with Crippen LogP contribution in [0, 0.1) is 0 Å². The first-order valence-corrected chi connectivity index (χ1v) is 9.97. The Morgan fingerprint density at radius 3 is 2.44 bits per heavy atom. The molecule has 1 aliphatic rings. The fraction of sp³-hybridized carbons (Fsp3) is 0.250. The first-order valence-electron chi connectivity index (χ1n) is 9.21. The number of nitrogens with zero attached hydrogens (tertiary/aromatic N) is 1. The summed E-state index contributed by atoms with van der Waals surface area (Å²) >= 11 is 11.6. The van der Waals surface area contributed by atoms with E-state index in [9.17, 15) is 27.6 Å². The van der Waals surface area contributed by atoms with Crippen molar-refractivity contribution in [1.29, 1.82) is 0 Å². The first kappa shape index (κ1) is 23.7. The number of allylic oxidation sites excluding steroid dienone is 1. The molecule has 0 spiro atoms. The Hall–Kier alpha value is -2.98. The van der Waals surface area contributed by atoms with E-state index in [1.54, 1.807) is 31.2 Å². The van der Waals surface area contributed by atoms with Gasteiger partial charge in [-0.15, -0.1) is 0 Å². The number of amides is 2. The lowest BCUT2D eigenvalue weighted by atomic mass is 9.95. The Labute approximate surface area is 189 Å². The van der Waals surface area contributed by atoms with Crippen molar-refractivity contribution in [2.45, 2.75) is 25.7 Å². The molecule has 2 aromatic rings. The number of carbonyl (C=O) groups is 2. The molecule has 12 heteroatoms. The van der Waals surface area contributed by atoms with Gasteiger partial charge in [-0.1, -0.05) is 35.3 Å². The molecule has 32 heavy (non-hydrogen) atoms. The number of nitrogens with one attached hydrogen (secondary N) is 2. The van der Waals surface area contributed by atoms with Crippen molar-refractivity contribution >= 4 is 35.2 Å². The zero-order valence-corrected chi connectivity index (χ0v) is 17.9. The second kappa shape index (κ2) is 9.25. The number of carbonyl (C=O) groups excluding carboxylic acids is 2.